The number of fused-ring (bicyclic) bond motifs is 1. The van der Waals surface area contributed by atoms with E-state index in [1.165, 1.54) is 10.4 Å². The summed E-state index contributed by atoms with van der Waals surface area (Å²) < 4.78 is 5.41. The predicted molar refractivity (Wildman–Crippen MR) is 97.6 cm³/mol. The first-order valence-electron chi connectivity index (χ1n) is 7.40. The van der Waals surface area contributed by atoms with Crippen molar-refractivity contribution in [2.24, 2.45) is 0 Å². The van der Waals surface area contributed by atoms with Gasteiger partial charge in [0.2, 0.25) is 0 Å². The van der Waals surface area contributed by atoms with E-state index in [1.807, 2.05) is 12.1 Å². The van der Waals surface area contributed by atoms with Crippen molar-refractivity contribution in [3.05, 3.63) is 39.5 Å². The minimum absolute atomic E-state index is 0.646. The van der Waals surface area contributed by atoms with Crippen molar-refractivity contribution < 1.29 is 4.74 Å². The first kappa shape index (κ1) is 16.0. The molecule has 0 aliphatic carbocycles. The molecule has 4 nitrogen and oxygen atoms in total. The third-order valence-corrected chi connectivity index (χ3v) is 5.14. The van der Waals surface area contributed by atoms with Gasteiger partial charge in [-0.2, -0.15) is 0 Å². The van der Waals surface area contributed by atoms with Gasteiger partial charge >= 0.3 is 0 Å². The summed E-state index contributed by atoms with van der Waals surface area (Å²) in [6.07, 6.45) is 0.785. The number of hydrogen-bond acceptors (Lipinski definition) is 5. The molecule has 3 aromatic rings. The highest BCUT2D eigenvalue weighted by Gasteiger charge is 2.15. The number of nitrogens with one attached hydrogen (secondary N) is 1. The third-order valence-electron chi connectivity index (χ3n) is 3.81. The number of methoxy groups -OCH3 is 1. The maximum atomic E-state index is 6.13. The normalized spacial score (nSPS) is 11.0. The third kappa shape index (κ3) is 2.99. The largest absolute Gasteiger partial charge is 0.495 e. The number of benzene rings is 1. The highest BCUT2D eigenvalue weighted by molar-refractivity contribution is 7.18. The summed E-state index contributed by atoms with van der Waals surface area (Å²) in [6.45, 7) is 6.26. The van der Waals surface area contributed by atoms with E-state index in [9.17, 15) is 0 Å². The van der Waals surface area contributed by atoms with E-state index >= 15 is 0 Å². The molecule has 0 bridgehead atoms. The fraction of sp³-hybridized carbons (Fsp3) is 0.294. The maximum Gasteiger partial charge on any atom is 0.143 e. The Morgan fingerprint density at radius 2 is 2.04 bits per heavy atom. The molecule has 23 heavy (non-hydrogen) atoms. The van der Waals surface area contributed by atoms with Crippen molar-refractivity contribution in [3.8, 4) is 5.75 Å². The van der Waals surface area contributed by atoms with E-state index in [-0.39, 0.29) is 0 Å². The van der Waals surface area contributed by atoms with Crippen LogP contribution in [0.4, 0.5) is 11.5 Å². The molecule has 2 aromatic heterocycles. The van der Waals surface area contributed by atoms with Crippen molar-refractivity contribution in [3.63, 3.8) is 0 Å². The van der Waals surface area contributed by atoms with Gasteiger partial charge in [-0.25, -0.2) is 9.97 Å². The lowest BCUT2D eigenvalue weighted by atomic mass is 10.2. The minimum Gasteiger partial charge on any atom is -0.495 e. The zero-order chi connectivity index (χ0) is 16.6. The van der Waals surface area contributed by atoms with Crippen LogP contribution in [0.3, 0.4) is 0 Å². The number of anilines is 2. The summed E-state index contributed by atoms with van der Waals surface area (Å²) in [4.78, 5) is 11.6. The number of aryl methyl sites for hydroxylation is 3. The second kappa shape index (κ2) is 6.34. The molecule has 0 spiro atoms. The van der Waals surface area contributed by atoms with E-state index < -0.39 is 0 Å². The number of hydrogen-bond donors (Lipinski definition) is 1. The van der Waals surface area contributed by atoms with Crippen LogP contribution in [-0.4, -0.2) is 17.1 Å². The second-order valence-corrected chi connectivity index (χ2v) is 6.91. The number of aromatic nitrogens is 2. The zero-order valence-electron chi connectivity index (χ0n) is 13.5. The average molecular weight is 348 g/mol. The van der Waals surface area contributed by atoms with E-state index in [0.29, 0.717) is 5.02 Å². The summed E-state index contributed by atoms with van der Waals surface area (Å²) in [7, 11) is 1.64. The van der Waals surface area contributed by atoms with Crippen molar-refractivity contribution in [1.82, 2.24) is 9.97 Å². The first-order valence-corrected chi connectivity index (χ1v) is 8.60. The van der Waals surface area contributed by atoms with Gasteiger partial charge in [0.05, 0.1) is 18.2 Å². The lowest BCUT2D eigenvalue weighted by molar-refractivity contribution is 0.417. The SMILES string of the molecule is CCc1nc(Nc2cc(Cl)ccc2OC)c2c(C)c(C)sc2n1. The van der Waals surface area contributed by atoms with Gasteiger partial charge < -0.3 is 10.1 Å². The van der Waals surface area contributed by atoms with Crippen LogP contribution in [-0.2, 0) is 6.42 Å². The molecule has 0 radical (unpaired) electrons. The Morgan fingerprint density at radius 1 is 1.26 bits per heavy atom. The Bertz CT molecular complexity index is 876. The molecule has 0 amide bonds. The Balaban J connectivity index is 2.18. The van der Waals surface area contributed by atoms with E-state index in [4.69, 9.17) is 16.3 Å². The second-order valence-electron chi connectivity index (χ2n) is 5.28. The molecule has 0 aliphatic heterocycles. The molecule has 3 rings (SSSR count). The first-order chi connectivity index (χ1) is 11.0. The molecule has 6 heteroatoms. The summed E-state index contributed by atoms with van der Waals surface area (Å²) in [6, 6.07) is 5.49. The number of nitrogens with zero attached hydrogens (tertiary/aromatic N) is 2. The fourth-order valence-electron chi connectivity index (χ4n) is 2.45. The molecule has 0 atom stereocenters. The molecule has 0 unspecified atom stereocenters. The maximum absolute atomic E-state index is 6.13. The van der Waals surface area contributed by atoms with Crippen LogP contribution in [0, 0.1) is 13.8 Å². The zero-order valence-corrected chi connectivity index (χ0v) is 15.1. The smallest absolute Gasteiger partial charge is 0.143 e. The van der Waals surface area contributed by atoms with Crippen molar-refractivity contribution in [1.29, 1.82) is 0 Å². The van der Waals surface area contributed by atoms with Gasteiger partial charge in [-0.1, -0.05) is 18.5 Å². The molecule has 0 saturated carbocycles. The van der Waals surface area contributed by atoms with Crippen LogP contribution in [0.25, 0.3) is 10.2 Å². The molecule has 120 valence electrons. The van der Waals surface area contributed by atoms with Crippen LogP contribution in [0.2, 0.25) is 5.02 Å². The average Bonchev–Trinajstić information content (AvgIpc) is 2.82. The van der Waals surface area contributed by atoms with E-state index in [2.05, 4.69) is 36.1 Å². The lowest BCUT2D eigenvalue weighted by Crippen LogP contribution is -2.01. The van der Waals surface area contributed by atoms with Gasteiger partial charge in [-0.05, 0) is 37.6 Å². The Kier molecular flexibility index (Phi) is 4.41. The molecular formula is C17H18ClN3OS. The van der Waals surface area contributed by atoms with Crippen LogP contribution in [0.15, 0.2) is 18.2 Å². The van der Waals surface area contributed by atoms with Crippen LogP contribution >= 0.6 is 22.9 Å². The van der Waals surface area contributed by atoms with Crippen LogP contribution < -0.4 is 10.1 Å². The summed E-state index contributed by atoms with van der Waals surface area (Å²) in [5, 5.41) is 5.09. The number of thiophene rings is 1. The molecule has 0 aliphatic rings. The monoisotopic (exact) mass is 347 g/mol. The number of halogens is 1. The Hall–Kier alpha value is -1.85. The van der Waals surface area contributed by atoms with Crippen LogP contribution in [0.5, 0.6) is 5.75 Å². The molecule has 0 fully saturated rings. The van der Waals surface area contributed by atoms with Gasteiger partial charge in [-0.3, -0.25) is 0 Å². The van der Waals surface area contributed by atoms with Crippen molar-refractivity contribution >= 4 is 44.7 Å². The van der Waals surface area contributed by atoms with Gasteiger partial charge in [0.15, 0.2) is 0 Å². The predicted octanol–water partition coefficient (Wildman–Crippen LogP) is 5.28. The van der Waals surface area contributed by atoms with Gasteiger partial charge in [0.1, 0.15) is 22.2 Å². The molecule has 1 N–H and O–H groups in total. The van der Waals surface area contributed by atoms with Gasteiger partial charge in [0, 0.05) is 16.3 Å². The lowest BCUT2D eigenvalue weighted by Gasteiger charge is -2.13. The standard InChI is InChI=1S/C17H18ClN3OS/c1-5-14-20-16(15-9(2)10(3)23-17(15)21-14)19-12-8-11(18)6-7-13(12)22-4/h6-8H,5H2,1-4H3,(H,19,20,21). The summed E-state index contributed by atoms with van der Waals surface area (Å²) in [5.41, 5.74) is 2.00. The molecular weight excluding hydrogens is 330 g/mol. The highest BCUT2D eigenvalue weighted by Crippen LogP contribution is 2.37. The summed E-state index contributed by atoms with van der Waals surface area (Å²) >= 11 is 7.82. The van der Waals surface area contributed by atoms with Crippen molar-refractivity contribution in [2.45, 2.75) is 27.2 Å². The quantitative estimate of drug-likeness (QED) is 0.697. The van der Waals surface area contributed by atoms with Crippen molar-refractivity contribution in [2.75, 3.05) is 12.4 Å². The van der Waals surface area contributed by atoms with Crippen LogP contribution in [0.1, 0.15) is 23.2 Å². The molecule has 2 heterocycles. The van der Waals surface area contributed by atoms with E-state index in [0.717, 1.165) is 39.7 Å². The molecule has 1 aromatic carbocycles. The number of rotatable bonds is 4. The van der Waals surface area contributed by atoms with Gasteiger partial charge in [-0.15, -0.1) is 11.3 Å². The number of ether oxygens (including phenoxy) is 1. The van der Waals surface area contributed by atoms with E-state index in [1.54, 1.807) is 24.5 Å². The van der Waals surface area contributed by atoms with Gasteiger partial charge in [0.25, 0.3) is 0 Å². The molecule has 0 saturated heterocycles. The topological polar surface area (TPSA) is 47.0 Å². The Morgan fingerprint density at radius 3 is 2.74 bits per heavy atom. The highest BCUT2D eigenvalue weighted by atomic mass is 35.5. The minimum atomic E-state index is 0.646. The fourth-order valence-corrected chi connectivity index (χ4v) is 3.67. The summed E-state index contributed by atoms with van der Waals surface area (Å²) in [5.74, 6) is 2.35. The Labute approximate surface area is 144 Å².